The van der Waals surface area contributed by atoms with Gasteiger partial charge in [-0.05, 0) is 66.1 Å². The lowest BCUT2D eigenvalue weighted by Gasteiger charge is -2.46. The SMILES string of the molecule is C=CCOC(=O)NC1CC(C)(C)CC(C)(CC)C1.C=CCOC(=O)NCC1(C)CC(C)CC(C)(C)C1. The second kappa shape index (κ2) is 13.5. The summed E-state index contributed by atoms with van der Waals surface area (Å²) in [6.07, 6.45) is 10.5. The van der Waals surface area contributed by atoms with Crippen molar-refractivity contribution in [2.24, 2.45) is 27.6 Å². The highest BCUT2D eigenvalue weighted by atomic mass is 16.6. The van der Waals surface area contributed by atoms with E-state index in [-0.39, 0.29) is 42.3 Å². The highest BCUT2D eigenvalue weighted by Gasteiger charge is 2.41. The maximum Gasteiger partial charge on any atom is 0.407 e. The number of hydrogen-bond donors (Lipinski definition) is 2. The Balaban J connectivity index is 0.000000360. The molecule has 0 aromatic rings. The van der Waals surface area contributed by atoms with Gasteiger partial charge in [-0.2, -0.15) is 0 Å². The number of carbonyl (C=O) groups excluding carboxylic acids is 2. The lowest BCUT2D eigenvalue weighted by Crippen LogP contribution is -2.46. The molecule has 2 rings (SSSR count). The van der Waals surface area contributed by atoms with Crippen LogP contribution in [0.1, 0.15) is 100 Å². The third kappa shape index (κ3) is 11.8. The third-order valence-corrected chi connectivity index (χ3v) is 7.59. The van der Waals surface area contributed by atoms with E-state index in [0.29, 0.717) is 23.3 Å². The molecule has 0 bridgehead atoms. The van der Waals surface area contributed by atoms with Gasteiger partial charge in [0.1, 0.15) is 13.2 Å². The Labute approximate surface area is 221 Å². The molecule has 2 aliphatic carbocycles. The molecule has 0 aromatic heterocycles. The summed E-state index contributed by atoms with van der Waals surface area (Å²) in [6, 6.07) is 0.219. The second-order valence-corrected chi connectivity index (χ2v) is 13.5. The molecule has 4 unspecified atom stereocenters. The van der Waals surface area contributed by atoms with E-state index in [2.05, 4.69) is 79.2 Å². The fraction of sp³-hybridized carbons (Fsp3) is 0.800. The Hall–Kier alpha value is -1.98. The summed E-state index contributed by atoms with van der Waals surface area (Å²) < 4.78 is 9.93. The summed E-state index contributed by atoms with van der Waals surface area (Å²) in [5.41, 5.74) is 1.13. The van der Waals surface area contributed by atoms with Gasteiger partial charge in [-0.15, -0.1) is 0 Å². The monoisotopic (exact) mass is 506 g/mol. The molecule has 4 atom stereocenters. The summed E-state index contributed by atoms with van der Waals surface area (Å²) in [5, 5.41) is 5.87. The Morgan fingerprint density at radius 3 is 1.89 bits per heavy atom. The molecule has 6 nitrogen and oxygen atoms in total. The molecule has 2 N–H and O–H groups in total. The molecular formula is C30H54N2O4. The van der Waals surface area contributed by atoms with Crippen molar-refractivity contribution in [3.8, 4) is 0 Å². The van der Waals surface area contributed by atoms with Gasteiger partial charge in [-0.25, -0.2) is 9.59 Å². The van der Waals surface area contributed by atoms with Gasteiger partial charge < -0.3 is 20.1 Å². The first-order valence-electron chi connectivity index (χ1n) is 13.6. The molecule has 36 heavy (non-hydrogen) atoms. The summed E-state index contributed by atoms with van der Waals surface area (Å²) >= 11 is 0. The number of alkyl carbamates (subject to hydrolysis) is 2. The van der Waals surface area contributed by atoms with E-state index in [9.17, 15) is 9.59 Å². The van der Waals surface area contributed by atoms with E-state index < -0.39 is 0 Å². The first-order valence-corrected chi connectivity index (χ1v) is 13.6. The molecule has 2 fully saturated rings. The third-order valence-electron chi connectivity index (χ3n) is 7.59. The minimum atomic E-state index is -0.341. The topological polar surface area (TPSA) is 76.7 Å². The number of rotatable bonds is 8. The van der Waals surface area contributed by atoms with Crippen molar-refractivity contribution in [1.29, 1.82) is 0 Å². The zero-order chi connectivity index (χ0) is 27.6. The number of carbonyl (C=O) groups is 2. The van der Waals surface area contributed by atoms with Crippen LogP contribution in [0.15, 0.2) is 25.3 Å². The van der Waals surface area contributed by atoms with E-state index in [1.54, 1.807) is 12.2 Å². The Morgan fingerprint density at radius 1 is 0.833 bits per heavy atom. The highest BCUT2D eigenvalue weighted by molar-refractivity contribution is 5.67. The van der Waals surface area contributed by atoms with Crippen molar-refractivity contribution >= 4 is 12.2 Å². The van der Waals surface area contributed by atoms with Gasteiger partial charge in [0, 0.05) is 12.6 Å². The van der Waals surface area contributed by atoms with Gasteiger partial charge in [0.15, 0.2) is 0 Å². The molecule has 0 heterocycles. The molecule has 0 aliphatic heterocycles. The minimum absolute atomic E-state index is 0.175. The summed E-state index contributed by atoms with van der Waals surface area (Å²) in [4.78, 5) is 23.0. The first-order chi connectivity index (χ1) is 16.6. The standard InChI is InChI=1S/2C15H27NO2/c1-6-7-18-13(17)16-11-15(5)9-12(2)8-14(3,4)10-15;1-6-8-18-13(17)16-12-9-14(3,4)11-15(5,7-2)10-12/h2*6,12H,1,7-11H2,2-5H3,(H,16,17). The van der Waals surface area contributed by atoms with Gasteiger partial charge in [0.05, 0.1) is 0 Å². The van der Waals surface area contributed by atoms with Gasteiger partial charge in [-0.1, -0.05) is 87.1 Å². The molecular weight excluding hydrogens is 452 g/mol. The molecule has 208 valence electrons. The average Bonchev–Trinajstić information content (AvgIpc) is 2.72. The van der Waals surface area contributed by atoms with Crippen molar-refractivity contribution in [3.63, 3.8) is 0 Å². The summed E-state index contributed by atoms with van der Waals surface area (Å²) in [6.45, 7) is 26.6. The van der Waals surface area contributed by atoms with Crippen molar-refractivity contribution < 1.29 is 19.1 Å². The van der Waals surface area contributed by atoms with Crippen molar-refractivity contribution in [1.82, 2.24) is 10.6 Å². The quantitative estimate of drug-likeness (QED) is 0.332. The molecule has 0 aromatic carbocycles. The Morgan fingerprint density at radius 2 is 1.36 bits per heavy atom. The number of ether oxygens (including phenoxy) is 2. The van der Waals surface area contributed by atoms with Gasteiger partial charge in [-0.3, -0.25) is 0 Å². The first kappa shape index (κ1) is 32.0. The van der Waals surface area contributed by atoms with Gasteiger partial charge in [0.2, 0.25) is 0 Å². The minimum Gasteiger partial charge on any atom is -0.445 e. The van der Waals surface area contributed by atoms with Crippen LogP contribution < -0.4 is 10.6 Å². The van der Waals surface area contributed by atoms with Crippen LogP contribution in [-0.4, -0.2) is 38.0 Å². The number of amides is 2. The van der Waals surface area contributed by atoms with E-state index >= 15 is 0 Å². The smallest absolute Gasteiger partial charge is 0.407 e. The van der Waals surface area contributed by atoms with E-state index in [4.69, 9.17) is 9.47 Å². The van der Waals surface area contributed by atoms with Crippen molar-refractivity contribution in [2.45, 2.75) is 106 Å². The molecule has 0 spiro atoms. The van der Waals surface area contributed by atoms with Crippen LogP contribution in [-0.2, 0) is 9.47 Å². The summed E-state index contributed by atoms with van der Waals surface area (Å²) in [7, 11) is 0. The van der Waals surface area contributed by atoms with Crippen LogP contribution in [0.4, 0.5) is 9.59 Å². The molecule has 0 saturated heterocycles. The average molecular weight is 507 g/mol. The zero-order valence-corrected chi connectivity index (χ0v) is 24.4. The molecule has 2 saturated carbocycles. The normalized spacial score (nSPS) is 30.6. The molecule has 2 amide bonds. The number of hydrogen-bond acceptors (Lipinski definition) is 4. The second-order valence-electron chi connectivity index (χ2n) is 13.5. The highest BCUT2D eigenvalue weighted by Crippen LogP contribution is 2.48. The van der Waals surface area contributed by atoms with Gasteiger partial charge >= 0.3 is 12.2 Å². The van der Waals surface area contributed by atoms with E-state index in [1.807, 2.05) is 0 Å². The van der Waals surface area contributed by atoms with Crippen LogP contribution in [0.3, 0.4) is 0 Å². The fourth-order valence-corrected chi connectivity index (χ4v) is 7.11. The van der Waals surface area contributed by atoms with Crippen LogP contribution >= 0.6 is 0 Å². The predicted molar refractivity (Wildman–Crippen MR) is 149 cm³/mol. The Bertz CT molecular complexity index is 747. The van der Waals surface area contributed by atoms with Crippen LogP contribution in [0.5, 0.6) is 0 Å². The zero-order valence-electron chi connectivity index (χ0n) is 24.4. The Kier molecular flexibility index (Phi) is 12.0. The van der Waals surface area contributed by atoms with Crippen LogP contribution in [0, 0.1) is 27.6 Å². The number of nitrogens with one attached hydrogen (secondary N) is 2. The lowest BCUT2D eigenvalue weighted by molar-refractivity contribution is 0.0588. The van der Waals surface area contributed by atoms with Crippen LogP contribution in [0.25, 0.3) is 0 Å². The summed E-state index contributed by atoms with van der Waals surface area (Å²) in [5.74, 6) is 0.713. The fourth-order valence-electron chi connectivity index (χ4n) is 7.11. The lowest BCUT2D eigenvalue weighted by atomic mass is 9.61. The van der Waals surface area contributed by atoms with Crippen LogP contribution in [0.2, 0.25) is 0 Å². The molecule has 2 aliphatic rings. The van der Waals surface area contributed by atoms with Gasteiger partial charge in [0.25, 0.3) is 0 Å². The molecule has 0 radical (unpaired) electrons. The van der Waals surface area contributed by atoms with Crippen molar-refractivity contribution in [3.05, 3.63) is 25.3 Å². The van der Waals surface area contributed by atoms with E-state index in [0.717, 1.165) is 32.1 Å². The predicted octanol–water partition coefficient (Wildman–Crippen LogP) is 7.64. The van der Waals surface area contributed by atoms with E-state index in [1.165, 1.54) is 12.8 Å². The maximum atomic E-state index is 11.6. The largest absolute Gasteiger partial charge is 0.445 e. The van der Waals surface area contributed by atoms with Crippen molar-refractivity contribution in [2.75, 3.05) is 19.8 Å². The molecule has 6 heteroatoms. The maximum absolute atomic E-state index is 11.6.